The molecule has 21 heavy (non-hydrogen) atoms. The van der Waals surface area contributed by atoms with Crippen LogP contribution in [-0.4, -0.2) is 41.2 Å². The highest BCUT2D eigenvalue weighted by atomic mass is 19.4. The summed E-state index contributed by atoms with van der Waals surface area (Å²) in [5.41, 5.74) is 1.83. The summed E-state index contributed by atoms with van der Waals surface area (Å²) in [6.07, 6.45) is 7.12. The van der Waals surface area contributed by atoms with E-state index in [0.717, 1.165) is 5.57 Å². The molecule has 0 radical (unpaired) electrons. The highest BCUT2D eigenvalue weighted by Crippen LogP contribution is 2.32. The van der Waals surface area contributed by atoms with Gasteiger partial charge in [0.15, 0.2) is 0 Å². The molecule has 4 nitrogen and oxygen atoms in total. The first-order valence-electron chi connectivity index (χ1n) is 6.00. The zero-order valence-corrected chi connectivity index (χ0v) is 11.0. The predicted octanol–water partition coefficient (Wildman–Crippen LogP) is 2.24. The van der Waals surface area contributed by atoms with Gasteiger partial charge < -0.3 is 4.90 Å². The summed E-state index contributed by atoms with van der Waals surface area (Å²) in [6, 6.07) is 2.81. The molecule has 1 aromatic heterocycles. The number of Topliss-reactive ketones (excluding diaryl/α,β-unsaturated/α-hetero) is 2. The van der Waals surface area contributed by atoms with Gasteiger partial charge in [0.25, 0.3) is 0 Å². The van der Waals surface area contributed by atoms with E-state index in [1.54, 1.807) is 36.5 Å². The van der Waals surface area contributed by atoms with Gasteiger partial charge in [-0.15, -0.1) is 0 Å². The molecule has 0 spiro atoms. The molecule has 1 aromatic rings. The van der Waals surface area contributed by atoms with Crippen LogP contribution >= 0.6 is 0 Å². The van der Waals surface area contributed by atoms with Crippen LogP contribution in [0.3, 0.4) is 0 Å². The maximum absolute atomic E-state index is 12.0. The van der Waals surface area contributed by atoms with Gasteiger partial charge in [-0.05, 0) is 24.4 Å². The third kappa shape index (κ3) is 2.86. The normalized spacial score (nSPS) is 19.6. The number of fused-ring (bicyclic) bond motifs is 3. The van der Waals surface area contributed by atoms with Crippen LogP contribution < -0.4 is 0 Å². The molecule has 1 aliphatic heterocycles. The molecule has 1 atom stereocenters. The van der Waals surface area contributed by atoms with Crippen LogP contribution in [0, 0.1) is 0 Å². The van der Waals surface area contributed by atoms with E-state index in [2.05, 4.69) is 4.98 Å². The summed E-state index contributed by atoms with van der Waals surface area (Å²) >= 11 is 0. The van der Waals surface area contributed by atoms with Gasteiger partial charge in [-0.1, -0.05) is 6.08 Å². The number of ketones is 2. The van der Waals surface area contributed by atoms with E-state index in [1.165, 1.54) is 0 Å². The molecule has 1 aliphatic carbocycles. The molecule has 0 amide bonds. The highest BCUT2D eigenvalue weighted by molar-refractivity contribution is 6.49. The number of carbonyl (C=O) groups excluding carboxylic acids is 2. The maximum atomic E-state index is 12.0. The Bertz CT molecular complexity index is 638. The van der Waals surface area contributed by atoms with Crippen LogP contribution in [0.5, 0.6) is 0 Å². The molecular weight excluding hydrogens is 285 g/mol. The number of hydrogen-bond acceptors (Lipinski definition) is 4. The van der Waals surface area contributed by atoms with Gasteiger partial charge in [0.2, 0.25) is 11.6 Å². The molecule has 2 heterocycles. The number of hydrogen-bond donors (Lipinski definition) is 0. The number of allylic oxidation sites excluding steroid dienone is 2. The monoisotopic (exact) mass is 296 g/mol. The Morgan fingerprint density at radius 3 is 2.62 bits per heavy atom. The smallest absolute Gasteiger partial charge is 0.366 e. The number of carbonyl (C=O) groups is 2. The van der Waals surface area contributed by atoms with Crippen molar-refractivity contribution in [3.63, 3.8) is 0 Å². The molecule has 1 unspecified atom stereocenters. The van der Waals surface area contributed by atoms with E-state index in [-0.39, 0.29) is 5.78 Å². The Labute approximate surface area is 118 Å². The van der Waals surface area contributed by atoms with Crippen molar-refractivity contribution in [2.45, 2.75) is 12.7 Å². The van der Waals surface area contributed by atoms with E-state index in [1.807, 2.05) is 12.2 Å². The molecule has 0 bridgehead atoms. The third-order valence-electron chi connectivity index (χ3n) is 3.10. The molecular formula is C14H11F3N2O2. The minimum Gasteiger partial charge on any atom is -0.366 e. The predicted molar refractivity (Wildman–Crippen MR) is 69.4 cm³/mol. The Kier molecular flexibility index (Phi) is 4.21. The number of likely N-dealkylation sites (N-methyl/N-ethyl adjacent to an activating group) is 1. The van der Waals surface area contributed by atoms with Crippen molar-refractivity contribution in [3.8, 4) is 0 Å². The first-order chi connectivity index (χ1) is 9.93. The second-order valence-corrected chi connectivity index (χ2v) is 4.37. The molecule has 0 N–H and O–H groups in total. The van der Waals surface area contributed by atoms with Crippen molar-refractivity contribution in [1.82, 2.24) is 9.88 Å². The average molecular weight is 296 g/mol. The molecule has 3 rings (SSSR count). The quantitative estimate of drug-likeness (QED) is 0.689. The van der Waals surface area contributed by atoms with E-state index >= 15 is 0 Å². The SMILES string of the molecule is CN1C=CC=C2c3ncccc3C(=O)C(=O)C21.FC(F)F. The zero-order valence-electron chi connectivity index (χ0n) is 11.0. The van der Waals surface area contributed by atoms with Gasteiger partial charge in [-0.25, -0.2) is 0 Å². The van der Waals surface area contributed by atoms with E-state index in [4.69, 9.17) is 0 Å². The summed E-state index contributed by atoms with van der Waals surface area (Å²) in [7, 11) is 1.78. The molecule has 7 heteroatoms. The lowest BCUT2D eigenvalue weighted by atomic mass is 9.83. The lowest BCUT2D eigenvalue weighted by Crippen LogP contribution is -2.45. The largest absolute Gasteiger partial charge is 0.379 e. The first-order valence-corrected chi connectivity index (χ1v) is 6.00. The summed E-state index contributed by atoms with van der Waals surface area (Å²) in [5.74, 6) is -0.832. The highest BCUT2D eigenvalue weighted by Gasteiger charge is 2.40. The summed E-state index contributed by atoms with van der Waals surface area (Å²) in [6.45, 7) is -3.67. The fraction of sp³-hybridized carbons (Fsp3) is 0.214. The van der Waals surface area contributed by atoms with Gasteiger partial charge in [0.05, 0.1) is 11.3 Å². The Morgan fingerprint density at radius 1 is 1.29 bits per heavy atom. The van der Waals surface area contributed by atoms with Crippen LogP contribution in [0.25, 0.3) is 5.57 Å². The maximum Gasteiger partial charge on any atom is 0.379 e. The Balaban J connectivity index is 0.000000361. The lowest BCUT2D eigenvalue weighted by molar-refractivity contribution is -0.117. The number of aromatic nitrogens is 1. The second kappa shape index (κ2) is 5.90. The van der Waals surface area contributed by atoms with Gasteiger partial charge in [0.1, 0.15) is 6.04 Å². The first kappa shape index (κ1) is 15.0. The van der Waals surface area contributed by atoms with Gasteiger partial charge in [0, 0.05) is 18.8 Å². The van der Waals surface area contributed by atoms with Gasteiger partial charge in [-0.3, -0.25) is 14.6 Å². The Hall–Kier alpha value is -2.44. The molecule has 0 saturated carbocycles. The topological polar surface area (TPSA) is 50.3 Å². The van der Waals surface area contributed by atoms with Crippen molar-refractivity contribution in [1.29, 1.82) is 0 Å². The minimum absolute atomic E-state index is 0.386. The minimum atomic E-state index is -3.67. The zero-order chi connectivity index (χ0) is 15.6. The Morgan fingerprint density at radius 2 is 1.95 bits per heavy atom. The number of halogens is 3. The van der Waals surface area contributed by atoms with Crippen LogP contribution in [0.2, 0.25) is 0 Å². The fourth-order valence-corrected chi connectivity index (χ4v) is 2.29. The molecule has 0 aromatic carbocycles. The molecule has 0 fully saturated rings. The molecule has 2 aliphatic rings. The molecule has 110 valence electrons. The summed E-state index contributed by atoms with van der Waals surface area (Å²) in [4.78, 5) is 30.0. The number of nitrogens with zero attached hydrogens (tertiary/aromatic N) is 2. The van der Waals surface area contributed by atoms with Crippen molar-refractivity contribution in [2.75, 3.05) is 7.05 Å². The van der Waals surface area contributed by atoms with E-state index in [0.29, 0.717) is 11.3 Å². The van der Waals surface area contributed by atoms with Crippen molar-refractivity contribution in [3.05, 3.63) is 47.9 Å². The standard InChI is InChI=1S/C13H10N2O2.CHF3/c1-15-7-3-5-8-10-9(4-2-6-14-10)12(16)13(17)11(8)15;2-1(3)4/h2-7,11H,1H3;1H. The van der Waals surface area contributed by atoms with E-state index in [9.17, 15) is 22.8 Å². The van der Waals surface area contributed by atoms with Gasteiger partial charge in [-0.2, -0.15) is 13.2 Å². The lowest BCUT2D eigenvalue weighted by Gasteiger charge is -2.33. The van der Waals surface area contributed by atoms with Crippen LogP contribution in [0.15, 0.2) is 36.7 Å². The van der Waals surface area contributed by atoms with Crippen molar-refractivity contribution in [2.24, 2.45) is 0 Å². The van der Waals surface area contributed by atoms with Gasteiger partial charge >= 0.3 is 6.68 Å². The number of rotatable bonds is 0. The van der Waals surface area contributed by atoms with Crippen molar-refractivity contribution < 1.29 is 22.8 Å². The fourth-order valence-electron chi connectivity index (χ4n) is 2.29. The average Bonchev–Trinajstić information content (AvgIpc) is 2.44. The third-order valence-corrected chi connectivity index (χ3v) is 3.10. The molecule has 0 saturated heterocycles. The van der Waals surface area contributed by atoms with Crippen LogP contribution in [0.4, 0.5) is 13.2 Å². The second-order valence-electron chi connectivity index (χ2n) is 4.37. The van der Waals surface area contributed by atoms with Crippen LogP contribution in [-0.2, 0) is 4.79 Å². The van der Waals surface area contributed by atoms with E-state index < -0.39 is 18.5 Å². The number of alkyl halides is 3. The van der Waals surface area contributed by atoms with Crippen molar-refractivity contribution >= 4 is 17.1 Å². The number of pyridine rings is 1. The summed E-state index contributed by atoms with van der Waals surface area (Å²) in [5, 5.41) is 0. The van der Waals surface area contributed by atoms with Crippen LogP contribution in [0.1, 0.15) is 16.1 Å². The summed E-state index contributed by atoms with van der Waals surface area (Å²) < 4.78 is 29.0.